The highest BCUT2D eigenvalue weighted by Crippen LogP contribution is 2.36. The van der Waals surface area contributed by atoms with Crippen LogP contribution < -0.4 is 4.90 Å². The molecule has 0 N–H and O–H groups in total. The molecule has 6 heteroatoms. The summed E-state index contributed by atoms with van der Waals surface area (Å²) in [6.07, 6.45) is 6.01. The van der Waals surface area contributed by atoms with Crippen molar-refractivity contribution >= 4 is 17.3 Å². The van der Waals surface area contributed by atoms with Crippen LogP contribution in [0.1, 0.15) is 77.7 Å². The highest BCUT2D eigenvalue weighted by Gasteiger charge is 2.28. The molecule has 0 amide bonds. The lowest BCUT2D eigenvalue weighted by atomic mass is 9.92. The summed E-state index contributed by atoms with van der Waals surface area (Å²) in [7, 11) is 0. The third kappa shape index (κ3) is 5.94. The van der Waals surface area contributed by atoms with Crippen LogP contribution in [0.25, 0.3) is 0 Å². The van der Waals surface area contributed by atoms with Crippen molar-refractivity contribution in [2.45, 2.75) is 78.2 Å². The number of esters is 1. The van der Waals surface area contributed by atoms with Crippen molar-refractivity contribution in [2.75, 3.05) is 18.1 Å². The van der Waals surface area contributed by atoms with Crippen molar-refractivity contribution in [3.05, 3.63) is 33.9 Å². The van der Waals surface area contributed by atoms with E-state index in [1.165, 1.54) is 19.3 Å². The molecule has 0 bridgehead atoms. The molecule has 6 nitrogen and oxygen atoms in total. The fourth-order valence-corrected chi connectivity index (χ4v) is 4.05. The molecular formula is C22H34N2O4. The Labute approximate surface area is 168 Å². The van der Waals surface area contributed by atoms with E-state index >= 15 is 0 Å². The van der Waals surface area contributed by atoms with E-state index in [0.717, 1.165) is 24.9 Å². The summed E-state index contributed by atoms with van der Waals surface area (Å²) in [4.78, 5) is 25.6. The quantitative estimate of drug-likeness (QED) is 0.319. The van der Waals surface area contributed by atoms with E-state index in [9.17, 15) is 14.9 Å². The summed E-state index contributed by atoms with van der Waals surface area (Å²) in [6.45, 7) is 9.13. The second kappa shape index (κ2) is 10.4. The lowest BCUT2D eigenvalue weighted by molar-refractivity contribution is -0.384. The maximum Gasteiger partial charge on any atom is 0.306 e. The number of benzene rings is 1. The number of rotatable bonds is 9. The first-order chi connectivity index (χ1) is 13.3. The zero-order valence-electron chi connectivity index (χ0n) is 17.6. The predicted octanol–water partition coefficient (Wildman–Crippen LogP) is 5.45. The maximum atomic E-state index is 11.9. The third-order valence-electron chi connectivity index (χ3n) is 5.43. The van der Waals surface area contributed by atoms with Gasteiger partial charge in [-0.15, -0.1) is 0 Å². The molecule has 1 aromatic rings. The fourth-order valence-electron chi connectivity index (χ4n) is 4.05. The Hall–Kier alpha value is -2.11. The fraction of sp³-hybridized carbons (Fsp3) is 0.682. The monoisotopic (exact) mass is 390 g/mol. The molecule has 1 atom stereocenters. The Kier molecular flexibility index (Phi) is 8.27. The van der Waals surface area contributed by atoms with Crippen LogP contribution in [-0.4, -0.2) is 30.1 Å². The van der Waals surface area contributed by atoms with Gasteiger partial charge in [-0.3, -0.25) is 14.9 Å². The molecule has 156 valence electrons. The number of nitro benzene ring substituents is 1. The van der Waals surface area contributed by atoms with E-state index in [1.807, 2.05) is 19.1 Å². The van der Waals surface area contributed by atoms with Crippen molar-refractivity contribution in [3.63, 3.8) is 0 Å². The lowest BCUT2D eigenvalue weighted by Gasteiger charge is -2.37. The van der Waals surface area contributed by atoms with Crippen molar-refractivity contribution in [1.82, 2.24) is 0 Å². The summed E-state index contributed by atoms with van der Waals surface area (Å²) < 4.78 is 5.02. The van der Waals surface area contributed by atoms with Crippen LogP contribution >= 0.6 is 0 Å². The van der Waals surface area contributed by atoms with Gasteiger partial charge in [0.2, 0.25) is 0 Å². The molecule has 1 aromatic carbocycles. The van der Waals surface area contributed by atoms with Gasteiger partial charge in [0.1, 0.15) is 5.69 Å². The molecular weight excluding hydrogens is 356 g/mol. The van der Waals surface area contributed by atoms with Crippen molar-refractivity contribution < 1.29 is 14.5 Å². The van der Waals surface area contributed by atoms with E-state index in [2.05, 4.69) is 18.7 Å². The van der Waals surface area contributed by atoms with Crippen molar-refractivity contribution in [3.8, 4) is 0 Å². The summed E-state index contributed by atoms with van der Waals surface area (Å²) in [5, 5.41) is 11.9. The van der Waals surface area contributed by atoms with Crippen LogP contribution in [0.4, 0.5) is 11.4 Å². The first-order valence-electron chi connectivity index (χ1n) is 10.5. The van der Waals surface area contributed by atoms with Gasteiger partial charge in [-0.25, -0.2) is 0 Å². The Balaban J connectivity index is 2.33. The minimum absolute atomic E-state index is 0.125. The number of carbonyl (C=O) groups is 1. The van der Waals surface area contributed by atoms with Crippen LogP contribution in [0, 0.1) is 16.0 Å². The summed E-state index contributed by atoms with van der Waals surface area (Å²) >= 11 is 0. The molecule has 0 saturated heterocycles. The number of nitrogens with zero attached hydrogens (tertiary/aromatic N) is 2. The second-order valence-electron chi connectivity index (χ2n) is 8.25. The van der Waals surface area contributed by atoms with Crippen molar-refractivity contribution in [2.24, 2.45) is 5.92 Å². The van der Waals surface area contributed by atoms with Crippen LogP contribution in [0.2, 0.25) is 0 Å². The average Bonchev–Trinajstić information content (AvgIpc) is 2.66. The first kappa shape index (κ1) is 22.2. The summed E-state index contributed by atoms with van der Waals surface area (Å²) in [5.74, 6) is 0.0225. The molecule has 0 aliphatic heterocycles. The summed E-state index contributed by atoms with van der Waals surface area (Å²) in [5.41, 5.74) is 1.65. The largest absolute Gasteiger partial charge is 0.466 e. The topological polar surface area (TPSA) is 72.7 Å². The minimum atomic E-state index is -0.286. The molecule has 1 fully saturated rings. The molecule has 0 radical (unpaired) electrons. The van der Waals surface area contributed by atoms with E-state index in [0.29, 0.717) is 24.3 Å². The van der Waals surface area contributed by atoms with Gasteiger partial charge in [0.25, 0.3) is 5.69 Å². The van der Waals surface area contributed by atoms with Crippen LogP contribution in [-0.2, 0) is 9.53 Å². The zero-order chi connectivity index (χ0) is 20.7. The second-order valence-corrected chi connectivity index (χ2v) is 8.25. The Bertz CT molecular complexity index is 669. The molecule has 0 aromatic heterocycles. The smallest absolute Gasteiger partial charge is 0.306 e. The summed E-state index contributed by atoms with van der Waals surface area (Å²) in [6, 6.07) is 5.82. The van der Waals surface area contributed by atoms with Crippen LogP contribution in [0.15, 0.2) is 18.2 Å². The standard InChI is InChI=1S/C22H34N2O4/c1-5-28-22(25)13-17(4)18-11-12-20(21(14-18)24(26)27)23(15-16(2)3)19-9-7-6-8-10-19/h11-12,14,16-17,19H,5-10,13,15H2,1-4H3/t17-/m0/s1. The Morgan fingerprint density at radius 2 is 1.93 bits per heavy atom. The molecule has 1 aliphatic carbocycles. The molecule has 1 saturated carbocycles. The maximum absolute atomic E-state index is 11.9. The number of nitro groups is 1. The molecule has 28 heavy (non-hydrogen) atoms. The van der Waals surface area contributed by atoms with Gasteiger partial charge in [0, 0.05) is 18.7 Å². The molecule has 0 unspecified atom stereocenters. The van der Waals surface area contributed by atoms with Crippen LogP contribution in [0.3, 0.4) is 0 Å². The number of anilines is 1. The van der Waals surface area contributed by atoms with Crippen molar-refractivity contribution in [1.29, 1.82) is 0 Å². The van der Waals surface area contributed by atoms with Gasteiger partial charge in [-0.2, -0.15) is 0 Å². The van der Waals surface area contributed by atoms with Crippen LogP contribution in [0.5, 0.6) is 0 Å². The van der Waals surface area contributed by atoms with Gasteiger partial charge in [-0.1, -0.05) is 46.1 Å². The van der Waals surface area contributed by atoms with E-state index < -0.39 is 0 Å². The zero-order valence-corrected chi connectivity index (χ0v) is 17.6. The van der Waals surface area contributed by atoms with Gasteiger partial charge < -0.3 is 9.64 Å². The number of hydrogen-bond acceptors (Lipinski definition) is 5. The normalized spacial score (nSPS) is 16.0. The van der Waals surface area contributed by atoms with Gasteiger partial charge in [-0.05, 0) is 43.2 Å². The third-order valence-corrected chi connectivity index (χ3v) is 5.43. The molecule has 2 rings (SSSR count). The number of ether oxygens (including phenoxy) is 1. The highest BCUT2D eigenvalue weighted by atomic mass is 16.6. The minimum Gasteiger partial charge on any atom is -0.466 e. The average molecular weight is 391 g/mol. The molecule has 0 heterocycles. The van der Waals surface area contributed by atoms with Gasteiger partial charge >= 0.3 is 5.97 Å². The highest BCUT2D eigenvalue weighted by molar-refractivity contribution is 5.71. The Morgan fingerprint density at radius 1 is 1.25 bits per heavy atom. The van der Waals surface area contributed by atoms with Gasteiger partial charge in [0.05, 0.1) is 18.0 Å². The predicted molar refractivity (Wildman–Crippen MR) is 112 cm³/mol. The lowest BCUT2D eigenvalue weighted by Crippen LogP contribution is -2.39. The number of hydrogen-bond donors (Lipinski definition) is 0. The van der Waals surface area contributed by atoms with E-state index in [4.69, 9.17) is 4.74 Å². The molecule has 1 aliphatic rings. The Morgan fingerprint density at radius 3 is 2.50 bits per heavy atom. The van der Waals surface area contributed by atoms with Gasteiger partial charge in [0.15, 0.2) is 0 Å². The van der Waals surface area contributed by atoms with E-state index in [-0.39, 0.29) is 28.9 Å². The number of carbonyl (C=O) groups excluding carboxylic acids is 1. The first-order valence-corrected chi connectivity index (χ1v) is 10.5. The SMILES string of the molecule is CCOC(=O)C[C@H](C)c1ccc(N(CC(C)C)C2CCCCC2)c([N+](=O)[O-])c1. The van der Waals surface area contributed by atoms with E-state index in [1.54, 1.807) is 13.0 Å². The molecule has 0 spiro atoms.